The number of hydrogen-bond acceptors (Lipinski definition) is 5. The number of hydrogen-bond donors (Lipinski definition) is 2. The Hall–Kier alpha value is -2.20. The Bertz CT molecular complexity index is 477. The van der Waals surface area contributed by atoms with Gasteiger partial charge < -0.3 is 15.2 Å². The topological polar surface area (TPSA) is 92.7 Å². The van der Waals surface area contributed by atoms with Crippen molar-refractivity contribution in [1.82, 2.24) is 5.32 Å². The minimum absolute atomic E-state index is 0.0783. The van der Waals surface area contributed by atoms with Crippen molar-refractivity contribution < 1.29 is 24.2 Å². The largest absolute Gasteiger partial charge is 0.480 e. The molecule has 1 amide bonds. The van der Waals surface area contributed by atoms with E-state index in [1.54, 1.807) is 18.2 Å². The van der Waals surface area contributed by atoms with E-state index in [1.807, 2.05) is 0 Å². The van der Waals surface area contributed by atoms with Gasteiger partial charge in [0.25, 0.3) is 0 Å². The molecule has 0 radical (unpaired) electrons. The number of aliphatic carboxylic acids is 1. The fourth-order valence-corrected chi connectivity index (χ4v) is 1.90. The number of thioether (sulfide) groups is 1. The summed E-state index contributed by atoms with van der Waals surface area (Å²) in [5.41, 5.74) is 0.759. The first-order valence-corrected chi connectivity index (χ1v) is 6.63. The van der Waals surface area contributed by atoms with Gasteiger partial charge in [-0.15, -0.1) is 0 Å². The number of nitrogens with one attached hydrogen (secondary N) is 1. The molecule has 6 nitrogen and oxygen atoms in total. The predicted octanol–water partition coefficient (Wildman–Crippen LogP) is 1.25. The molecule has 0 aliphatic carbocycles. The lowest BCUT2D eigenvalue weighted by atomic mass is 10.3. The lowest BCUT2D eigenvalue weighted by molar-refractivity contribution is -0.140. The first kappa shape index (κ1) is 15.9. The van der Waals surface area contributed by atoms with E-state index in [1.165, 1.54) is 6.92 Å². The Morgan fingerprint density at radius 1 is 1.45 bits per heavy atom. The Labute approximate surface area is 120 Å². The van der Waals surface area contributed by atoms with Gasteiger partial charge in [0.05, 0.1) is 0 Å². The molecule has 2 N–H and O–H groups in total. The zero-order valence-electron chi connectivity index (χ0n) is 10.7. The molecule has 1 rings (SSSR count). The van der Waals surface area contributed by atoms with Crippen LogP contribution in [0.3, 0.4) is 0 Å². The molecule has 0 bridgehead atoms. The summed E-state index contributed by atoms with van der Waals surface area (Å²) >= 11 is 0.699. The number of carbonyl (C=O) groups excluding carboxylic acids is 2. The van der Waals surface area contributed by atoms with Crippen LogP contribution in [0.2, 0.25) is 0 Å². The molecule has 0 aromatic heterocycles. The van der Waals surface area contributed by atoms with Crippen LogP contribution in [0, 0.1) is 12.1 Å². The van der Waals surface area contributed by atoms with Gasteiger partial charge in [-0.3, -0.25) is 4.79 Å². The third-order valence-corrected chi connectivity index (χ3v) is 2.98. The molecule has 0 aliphatic heterocycles. The molecule has 0 spiro atoms. The van der Waals surface area contributed by atoms with E-state index in [2.05, 4.69) is 17.4 Å². The fraction of sp³-hybridized carbons (Fsp3) is 0.308. The molecule has 0 fully saturated rings. The SMILES string of the molecule is CC(=O)N[C@@H](CSC(=O)OCc1cc#ccc1)C(=O)O. The number of carboxylic acid groups (broad SMARTS) is 1. The Morgan fingerprint density at radius 2 is 2.20 bits per heavy atom. The van der Waals surface area contributed by atoms with Crippen LogP contribution in [0.1, 0.15) is 12.5 Å². The van der Waals surface area contributed by atoms with Crippen molar-refractivity contribution in [2.45, 2.75) is 19.6 Å². The Balaban J connectivity index is 2.34. The summed E-state index contributed by atoms with van der Waals surface area (Å²) in [6.07, 6.45) is 0. The highest BCUT2D eigenvalue weighted by molar-refractivity contribution is 8.13. The van der Waals surface area contributed by atoms with Crippen molar-refractivity contribution in [2.24, 2.45) is 0 Å². The average molecular weight is 295 g/mol. The van der Waals surface area contributed by atoms with Crippen LogP contribution in [0.5, 0.6) is 0 Å². The second kappa shape index (κ2) is 8.07. The second-order valence-electron chi connectivity index (χ2n) is 3.78. The lowest BCUT2D eigenvalue weighted by Gasteiger charge is -2.12. The van der Waals surface area contributed by atoms with Crippen LogP contribution < -0.4 is 5.32 Å². The second-order valence-corrected chi connectivity index (χ2v) is 4.74. The van der Waals surface area contributed by atoms with E-state index in [9.17, 15) is 14.4 Å². The third-order valence-electron chi connectivity index (χ3n) is 2.12. The number of rotatable bonds is 6. The van der Waals surface area contributed by atoms with Gasteiger partial charge >= 0.3 is 11.3 Å². The minimum Gasteiger partial charge on any atom is -0.480 e. The first-order chi connectivity index (χ1) is 9.49. The number of carbonyl (C=O) groups is 3. The fourth-order valence-electron chi connectivity index (χ4n) is 1.22. The van der Waals surface area contributed by atoms with Crippen molar-refractivity contribution in [3.8, 4) is 0 Å². The zero-order chi connectivity index (χ0) is 15.0. The maximum Gasteiger partial charge on any atom is 0.367 e. The summed E-state index contributed by atoms with van der Waals surface area (Å²) < 4.78 is 4.95. The van der Waals surface area contributed by atoms with Crippen LogP contribution in [-0.2, 0) is 20.9 Å². The van der Waals surface area contributed by atoms with Gasteiger partial charge in [0.2, 0.25) is 5.91 Å². The normalized spacial score (nSPS) is 11.1. The Kier molecular flexibility index (Phi) is 6.40. The van der Waals surface area contributed by atoms with Crippen LogP contribution in [0.4, 0.5) is 4.79 Å². The van der Waals surface area contributed by atoms with Gasteiger partial charge in [-0.25, -0.2) is 9.59 Å². The molecule has 7 heteroatoms. The van der Waals surface area contributed by atoms with Crippen molar-refractivity contribution in [3.63, 3.8) is 0 Å². The highest BCUT2D eigenvalue weighted by Crippen LogP contribution is 2.10. The van der Waals surface area contributed by atoms with Crippen molar-refractivity contribution >= 4 is 28.9 Å². The van der Waals surface area contributed by atoms with Gasteiger partial charge in [0.15, 0.2) is 0 Å². The third kappa shape index (κ3) is 6.11. The van der Waals surface area contributed by atoms with Crippen molar-refractivity contribution in [3.05, 3.63) is 35.9 Å². The minimum atomic E-state index is -1.20. The Morgan fingerprint density at radius 3 is 2.75 bits per heavy atom. The van der Waals surface area contributed by atoms with Gasteiger partial charge in [-0.1, -0.05) is 12.1 Å². The van der Waals surface area contributed by atoms with Crippen LogP contribution in [0.15, 0.2) is 18.2 Å². The summed E-state index contributed by atoms with van der Waals surface area (Å²) in [5.74, 6) is -1.77. The smallest absolute Gasteiger partial charge is 0.367 e. The number of ether oxygens (including phenoxy) is 1. The van der Waals surface area contributed by atoms with E-state index in [4.69, 9.17) is 9.84 Å². The van der Waals surface area contributed by atoms with Gasteiger partial charge in [0, 0.05) is 12.7 Å². The molecule has 1 atom stereocenters. The molecule has 0 heterocycles. The van der Waals surface area contributed by atoms with E-state index in [-0.39, 0.29) is 12.4 Å². The van der Waals surface area contributed by atoms with Gasteiger partial charge in [0.1, 0.15) is 12.6 Å². The van der Waals surface area contributed by atoms with E-state index in [0.717, 1.165) is 5.56 Å². The average Bonchev–Trinajstić information content (AvgIpc) is 2.41. The summed E-state index contributed by atoms with van der Waals surface area (Å²) in [6.45, 7) is 1.29. The molecule has 1 aromatic carbocycles. The van der Waals surface area contributed by atoms with Gasteiger partial charge in [-0.05, 0) is 35.5 Å². The molecular formula is C13H13NO5S. The number of carboxylic acids is 1. The van der Waals surface area contributed by atoms with E-state index in [0.29, 0.717) is 11.8 Å². The van der Waals surface area contributed by atoms with Gasteiger partial charge in [-0.2, -0.15) is 0 Å². The monoisotopic (exact) mass is 295 g/mol. The van der Waals surface area contributed by atoms with Crippen molar-refractivity contribution in [1.29, 1.82) is 0 Å². The van der Waals surface area contributed by atoms with Crippen molar-refractivity contribution in [2.75, 3.05) is 5.75 Å². The summed E-state index contributed by atoms with van der Waals surface area (Å²) in [6, 6.07) is 9.33. The molecule has 0 saturated heterocycles. The highest BCUT2D eigenvalue weighted by Gasteiger charge is 2.20. The molecule has 20 heavy (non-hydrogen) atoms. The molecule has 0 saturated carbocycles. The summed E-state index contributed by atoms with van der Waals surface area (Å²) in [5, 5.41) is 10.5. The zero-order valence-corrected chi connectivity index (χ0v) is 11.5. The molecule has 106 valence electrons. The number of amides is 1. The van der Waals surface area contributed by atoms with E-state index >= 15 is 0 Å². The quantitative estimate of drug-likeness (QED) is 0.767. The molecule has 0 unspecified atom stereocenters. The lowest BCUT2D eigenvalue weighted by Crippen LogP contribution is -2.41. The summed E-state index contributed by atoms with van der Waals surface area (Å²) in [7, 11) is 0. The molecular weight excluding hydrogens is 282 g/mol. The van der Waals surface area contributed by atoms with Crippen LogP contribution in [-0.4, -0.2) is 34.1 Å². The molecule has 1 aromatic rings. The standard InChI is InChI=1S/C13H13NO5S/c1-9(15)14-11(12(16)17)8-20-13(18)19-7-10-5-3-2-4-6-10/h3,5-6,11H,7-8H2,1H3,(H,14,15)(H,16,17)/t11-/m0/s1. The van der Waals surface area contributed by atoms with Crippen LogP contribution in [0.25, 0.3) is 0 Å². The maximum absolute atomic E-state index is 11.4. The summed E-state index contributed by atoms with van der Waals surface area (Å²) in [4.78, 5) is 33.1. The van der Waals surface area contributed by atoms with Crippen LogP contribution >= 0.6 is 11.8 Å². The first-order valence-electron chi connectivity index (χ1n) is 5.65. The molecule has 0 aliphatic rings. The van der Waals surface area contributed by atoms with E-state index < -0.39 is 23.2 Å². The predicted molar refractivity (Wildman–Crippen MR) is 72.0 cm³/mol. The highest BCUT2D eigenvalue weighted by atomic mass is 32.2. The maximum atomic E-state index is 11.4.